The molecule has 0 aliphatic heterocycles. The Kier molecular flexibility index (Phi) is 46.9. The molecule has 0 amide bonds. The summed E-state index contributed by atoms with van der Waals surface area (Å²) in [7, 11) is 0. The third kappa shape index (κ3) is 35.7. The molecule has 0 heterocycles. The van der Waals surface area contributed by atoms with Crippen LogP contribution < -0.4 is 60.3 Å². The first-order valence-electron chi connectivity index (χ1n) is 46.8. The summed E-state index contributed by atoms with van der Waals surface area (Å²) < 4.78 is 38.5. The monoisotopic (exact) mass is 2110 g/mol. The van der Waals surface area contributed by atoms with Crippen molar-refractivity contribution in [3.05, 3.63) is 349 Å². The highest BCUT2D eigenvalue weighted by atomic mass is 127. The number of anilines is 6. The van der Waals surface area contributed by atoms with Gasteiger partial charge < -0.3 is 65.4 Å². The van der Waals surface area contributed by atoms with Crippen LogP contribution in [0.25, 0.3) is 0 Å². The number of hydrogen-bond donors (Lipinski definition) is 7. The van der Waals surface area contributed by atoms with E-state index in [1.165, 1.54) is 83.2 Å². The van der Waals surface area contributed by atoms with E-state index in [2.05, 4.69) is 316 Å². The summed E-state index contributed by atoms with van der Waals surface area (Å²) in [6.45, 7) is 44.5. The summed E-state index contributed by atoms with van der Waals surface area (Å²) in [5.74, 6) is 6.19. The highest BCUT2D eigenvalue weighted by molar-refractivity contribution is 14.1. The lowest BCUT2D eigenvalue weighted by molar-refractivity contribution is 0.269. The molecule has 1 fully saturated rings. The third-order valence-electron chi connectivity index (χ3n) is 22.8. The van der Waals surface area contributed by atoms with Gasteiger partial charge in [0.1, 0.15) is 74.1 Å². The summed E-state index contributed by atoms with van der Waals surface area (Å²) in [4.78, 5) is 5.01. The summed E-state index contributed by atoms with van der Waals surface area (Å²) >= 11 is 37.8. The van der Waals surface area contributed by atoms with Gasteiger partial charge in [-0.1, -0.05) is 305 Å². The molecule has 21 heteroatoms. The van der Waals surface area contributed by atoms with E-state index in [0.717, 1.165) is 204 Å². The Labute approximate surface area is 865 Å². The van der Waals surface area contributed by atoms with Crippen LogP contribution in [0.5, 0.6) is 34.5 Å². The Morgan fingerprint density at radius 1 is 0.294 bits per heavy atom. The van der Waals surface area contributed by atoms with E-state index in [0.29, 0.717) is 45.6 Å². The Hall–Kier alpha value is -10.1. The van der Waals surface area contributed by atoms with E-state index in [1.807, 2.05) is 112 Å². The molecule has 0 saturated heterocycles. The standard InChI is InChI=1S/C21H25NOS.C20H25NOS.C19H23NO2S.C19H23NOS.C18H20BrNOS.C18H20INOS/c1-4-21(24)22-19-7-5-6-17(16-9-10-16)18(19)13-23-20-11-8-14(2)12-15(20)3;1-5-16-8-7-9-18(21-20(23)6-2)17(16)13-22-19-11-10-14(3)12-15(19)4;1-4-19(23)20-17-7-5-6-15(11-21)16(17)12-22-18-9-8-13(2)10-14(18)3;1-5-19(22)20-17-8-6-7-14(3)16(17)12-21-18-10-9-13(2)11-15(18)4;2*1-4-18(22)20-16-7-5-6-15(19)14(16)11-21-17-9-8-12(2)10-13(17)3/h5-8,11-12,16H,4,9-10,13H2,1-3H3,(H,22,24);7-12H,5-6,13H2,1-4H3,(H,21,23);5-10,21H,4,11-12H2,1-3H3,(H,20,23);6-11H,5,12H2,1-4H3,(H,20,22);2*5-10H,4,11H2,1-3H3,(H,20,22). The molecule has 1 aliphatic rings. The summed E-state index contributed by atoms with van der Waals surface area (Å²) in [6.07, 6.45) is 8.47. The first kappa shape index (κ1) is 111. The molecule has 1 aliphatic carbocycles. The third-order valence-corrected chi connectivity index (χ3v) is 26.9. The van der Waals surface area contributed by atoms with Gasteiger partial charge in [-0.25, -0.2) is 0 Å². The van der Waals surface area contributed by atoms with E-state index in [9.17, 15) is 5.11 Å². The molecule has 12 aromatic carbocycles. The fourth-order valence-corrected chi connectivity index (χ4v) is 16.5. The van der Waals surface area contributed by atoms with Crippen LogP contribution in [0.4, 0.5) is 34.1 Å². The maximum atomic E-state index is 9.61. The molecule has 0 atom stereocenters. The molecule has 718 valence electrons. The lowest BCUT2D eigenvalue weighted by Gasteiger charge is -2.18. The number of hydrogen-bond acceptors (Lipinski definition) is 13. The minimum Gasteiger partial charge on any atom is -0.489 e. The largest absolute Gasteiger partial charge is 0.489 e. The van der Waals surface area contributed by atoms with Crippen molar-refractivity contribution in [3.8, 4) is 34.5 Å². The summed E-state index contributed by atoms with van der Waals surface area (Å²) in [5.41, 5.74) is 31.9. The normalized spacial score (nSPS) is 11.0. The second kappa shape index (κ2) is 57.4. The highest BCUT2D eigenvalue weighted by Crippen LogP contribution is 2.44. The maximum absolute atomic E-state index is 9.61. The molecular formula is C115H136BrIN6O7S6. The number of rotatable bonds is 33. The molecule has 0 spiro atoms. The van der Waals surface area contributed by atoms with Crippen molar-refractivity contribution in [2.24, 2.45) is 0 Å². The van der Waals surface area contributed by atoms with E-state index in [4.69, 9.17) is 102 Å². The van der Waals surface area contributed by atoms with Crippen LogP contribution in [0.1, 0.15) is 228 Å². The van der Waals surface area contributed by atoms with E-state index in [1.54, 1.807) is 0 Å². The predicted molar refractivity (Wildman–Crippen MR) is 612 cm³/mol. The van der Waals surface area contributed by atoms with Gasteiger partial charge >= 0.3 is 0 Å². The number of halogens is 2. The summed E-state index contributed by atoms with van der Waals surface area (Å²) in [5, 5.41) is 29.5. The lowest BCUT2D eigenvalue weighted by Crippen LogP contribution is -2.12. The van der Waals surface area contributed by atoms with Crippen LogP contribution in [0.2, 0.25) is 0 Å². The smallest absolute Gasteiger partial charge is 0.122 e. The van der Waals surface area contributed by atoms with Crippen molar-refractivity contribution >= 4 is 176 Å². The average Bonchev–Trinajstić information content (AvgIpc) is 1.65. The van der Waals surface area contributed by atoms with Gasteiger partial charge in [-0.15, -0.1) is 0 Å². The second-order valence-electron chi connectivity index (χ2n) is 33.9. The topological polar surface area (TPSA) is 148 Å². The minimum atomic E-state index is -0.0278. The Morgan fingerprint density at radius 3 is 0.860 bits per heavy atom. The molecule has 136 heavy (non-hydrogen) atoms. The molecule has 0 unspecified atom stereocenters. The number of ether oxygens (including phenoxy) is 6. The van der Waals surface area contributed by atoms with Crippen LogP contribution in [0.15, 0.2) is 223 Å². The van der Waals surface area contributed by atoms with E-state index >= 15 is 0 Å². The fourth-order valence-electron chi connectivity index (χ4n) is 14.7. The van der Waals surface area contributed by atoms with E-state index in [-0.39, 0.29) is 6.61 Å². The van der Waals surface area contributed by atoms with E-state index < -0.39 is 0 Å². The van der Waals surface area contributed by atoms with Gasteiger partial charge in [0, 0.05) is 75.5 Å². The van der Waals surface area contributed by atoms with Crippen molar-refractivity contribution in [1.29, 1.82) is 0 Å². The lowest BCUT2D eigenvalue weighted by atomic mass is 10.0. The first-order valence-corrected chi connectivity index (χ1v) is 51.1. The molecule has 13 nitrogen and oxygen atoms in total. The number of benzene rings is 12. The number of aryl methyl sites for hydroxylation is 14. The van der Waals surface area contributed by atoms with Crippen LogP contribution >= 0.6 is 112 Å². The number of aliphatic hydroxyl groups is 1. The quantitative estimate of drug-likeness (QED) is 0.0154. The number of nitrogens with one attached hydrogen (secondary N) is 6. The highest BCUT2D eigenvalue weighted by Gasteiger charge is 2.28. The Bertz CT molecular complexity index is 5670. The van der Waals surface area contributed by atoms with Gasteiger partial charge in [0.2, 0.25) is 0 Å². The zero-order valence-electron chi connectivity index (χ0n) is 82.8. The van der Waals surface area contributed by atoms with Crippen molar-refractivity contribution in [2.45, 2.75) is 248 Å². The molecule has 7 N–H and O–H groups in total. The van der Waals surface area contributed by atoms with Crippen molar-refractivity contribution in [3.63, 3.8) is 0 Å². The molecule has 13 rings (SSSR count). The zero-order valence-corrected chi connectivity index (χ0v) is 91.4. The number of thiocarbonyl (C=S) groups is 6. The molecule has 1 saturated carbocycles. The van der Waals surface area contributed by atoms with Gasteiger partial charge in [0.25, 0.3) is 0 Å². The fraction of sp³-hybridized carbons (Fsp3) is 0.322. The van der Waals surface area contributed by atoms with Gasteiger partial charge in [-0.3, -0.25) is 0 Å². The maximum Gasteiger partial charge on any atom is 0.122 e. The molecular weight excluding hydrogens is 1980 g/mol. The Morgan fingerprint density at radius 2 is 0.544 bits per heavy atom. The molecule has 0 bridgehead atoms. The van der Waals surface area contributed by atoms with Crippen molar-refractivity contribution in [2.75, 3.05) is 31.9 Å². The van der Waals surface area contributed by atoms with Crippen LogP contribution in [0.3, 0.4) is 0 Å². The second-order valence-corrected chi connectivity index (χ2v) is 38.9. The van der Waals surface area contributed by atoms with Crippen LogP contribution in [-0.4, -0.2) is 35.0 Å². The number of aliphatic hydroxyl groups excluding tert-OH is 1. The molecule has 0 radical (unpaired) electrons. The van der Waals surface area contributed by atoms with Crippen molar-refractivity contribution < 1.29 is 33.5 Å². The van der Waals surface area contributed by atoms with Crippen LogP contribution in [-0.2, 0) is 52.7 Å². The van der Waals surface area contributed by atoms with Gasteiger partial charge in [-0.05, 0) is 317 Å². The summed E-state index contributed by atoms with van der Waals surface area (Å²) in [6, 6.07) is 74.3. The average molecular weight is 2110 g/mol. The van der Waals surface area contributed by atoms with Crippen LogP contribution in [0, 0.1) is 93.6 Å². The predicted octanol–water partition coefficient (Wildman–Crippen LogP) is 32.8. The van der Waals surface area contributed by atoms with Crippen molar-refractivity contribution in [1.82, 2.24) is 0 Å². The molecule has 12 aromatic rings. The van der Waals surface area contributed by atoms with Gasteiger partial charge in [-0.2, -0.15) is 0 Å². The van der Waals surface area contributed by atoms with Gasteiger partial charge in [0.05, 0.1) is 36.5 Å². The SMILES string of the molecule is CCC(=S)Nc1cccc(Br)c1COc1ccc(C)cc1C.CCC(=S)Nc1cccc(C)c1COc1ccc(C)cc1C.CCC(=S)Nc1cccc(C2CC2)c1COc1ccc(C)cc1C.CCC(=S)Nc1cccc(CC)c1COc1ccc(C)cc1C.CCC(=S)Nc1cccc(CO)c1COc1ccc(C)cc1C.CCC(=S)Nc1cccc(I)c1COc1ccc(C)cc1C. The minimum absolute atomic E-state index is 0.0278. The molecule has 0 aromatic heterocycles. The Balaban J connectivity index is 0.000000201. The zero-order chi connectivity index (χ0) is 99.1. The first-order chi connectivity index (χ1) is 65.2. The van der Waals surface area contributed by atoms with Gasteiger partial charge in [0.15, 0.2) is 0 Å².